The molecule has 30 heavy (non-hydrogen) atoms. The Hall–Kier alpha value is -2.44. The number of benzene rings is 2. The van der Waals surface area contributed by atoms with Gasteiger partial charge in [-0.2, -0.15) is 9.98 Å². The normalized spacial score (nSPS) is 14.2. The molecule has 0 atom stereocenters. The third-order valence-corrected chi connectivity index (χ3v) is 6.60. The molecular weight excluding hydrogens is 461 g/mol. The molecule has 0 unspecified atom stereocenters. The highest BCUT2D eigenvalue weighted by atomic mass is 35.5. The second-order valence-corrected chi connectivity index (χ2v) is 9.47. The van der Waals surface area contributed by atoms with Gasteiger partial charge in [0.2, 0.25) is 0 Å². The predicted octanol–water partition coefficient (Wildman–Crippen LogP) is 7.66. The van der Waals surface area contributed by atoms with Gasteiger partial charge in [0.05, 0.1) is 21.5 Å². The van der Waals surface area contributed by atoms with Gasteiger partial charge in [0.15, 0.2) is 0 Å². The van der Waals surface area contributed by atoms with Crippen LogP contribution in [0, 0.1) is 0 Å². The smallest absolute Gasteiger partial charge is 0.354 e. The highest BCUT2D eigenvalue weighted by Gasteiger charge is 2.26. The van der Waals surface area contributed by atoms with Crippen molar-refractivity contribution in [2.75, 3.05) is 0 Å². The summed E-state index contributed by atoms with van der Waals surface area (Å²) in [5.41, 5.74) is 5.41. The summed E-state index contributed by atoms with van der Waals surface area (Å²) in [5.74, 6) is 0. The number of aromatic amines is 1. The molecule has 2 aromatic heterocycles. The fourth-order valence-corrected chi connectivity index (χ4v) is 5.29. The van der Waals surface area contributed by atoms with E-state index in [1.54, 1.807) is 6.07 Å². The number of nitrogens with zero attached hydrogens (tertiary/aromatic N) is 2. The quantitative estimate of drug-likeness (QED) is 0.327. The molecule has 0 saturated heterocycles. The van der Waals surface area contributed by atoms with Crippen LogP contribution in [0.25, 0.3) is 22.2 Å². The van der Waals surface area contributed by atoms with Crippen LogP contribution in [0.2, 0.25) is 13.7 Å². The fourth-order valence-electron chi connectivity index (χ4n) is 3.62. The molecule has 1 aliphatic rings. The van der Waals surface area contributed by atoms with Crippen molar-refractivity contribution in [3.63, 3.8) is 0 Å². The van der Waals surface area contributed by atoms with Crippen LogP contribution in [-0.4, -0.2) is 22.4 Å². The molecular formula is C22H12Cl3N3OS. The van der Waals surface area contributed by atoms with Crippen molar-refractivity contribution in [2.24, 2.45) is 9.98 Å². The second-order valence-electron chi connectivity index (χ2n) is 6.75. The zero-order chi connectivity index (χ0) is 20.8. The van der Waals surface area contributed by atoms with Gasteiger partial charge in [-0.15, -0.1) is 11.3 Å². The number of carbonyl (C=O) groups excluding carboxylic acids is 1. The van der Waals surface area contributed by atoms with Gasteiger partial charge < -0.3 is 4.98 Å². The number of urea groups is 1. The topological polar surface area (TPSA) is 57.6 Å². The molecule has 5 rings (SSSR count). The molecule has 2 aromatic carbocycles. The van der Waals surface area contributed by atoms with Gasteiger partial charge >= 0.3 is 6.03 Å². The Morgan fingerprint density at radius 2 is 1.70 bits per heavy atom. The Balaban J connectivity index is 1.70. The first-order valence-electron chi connectivity index (χ1n) is 9.01. The summed E-state index contributed by atoms with van der Waals surface area (Å²) >= 11 is 20.0. The Morgan fingerprint density at radius 1 is 0.933 bits per heavy atom. The molecule has 0 spiro atoms. The van der Waals surface area contributed by atoms with Crippen molar-refractivity contribution in [1.29, 1.82) is 0 Å². The maximum absolute atomic E-state index is 12.4. The largest absolute Gasteiger partial charge is 0.367 e. The molecule has 1 aliphatic heterocycles. The molecule has 0 saturated carbocycles. The van der Waals surface area contributed by atoms with E-state index >= 15 is 0 Å². The summed E-state index contributed by atoms with van der Waals surface area (Å²) in [4.78, 5) is 24.3. The first kappa shape index (κ1) is 19.5. The molecule has 3 heterocycles. The average Bonchev–Trinajstić information content (AvgIpc) is 3.27. The number of hydrogen-bond donors (Lipinski definition) is 1. The Labute approximate surface area is 190 Å². The van der Waals surface area contributed by atoms with Gasteiger partial charge in [0.25, 0.3) is 0 Å². The van der Waals surface area contributed by atoms with E-state index in [0.29, 0.717) is 37.1 Å². The number of amides is 2. The summed E-state index contributed by atoms with van der Waals surface area (Å²) in [7, 11) is 0. The van der Waals surface area contributed by atoms with Gasteiger partial charge in [-0.05, 0) is 29.8 Å². The number of nitrogens with one attached hydrogen (secondary N) is 1. The minimum absolute atomic E-state index is 0.345. The number of aromatic nitrogens is 1. The lowest BCUT2D eigenvalue weighted by molar-refractivity contribution is 0.257. The zero-order valence-electron chi connectivity index (χ0n) is 15.2. The van der Waals surface area contributed by atoms with E-state index in [0.717, 1.165) is 27.7 Å². The van der Waals surface area contributed by atoms with Gasteiger partial charge in [-0.25, -0.2) is 4.79 Å². The third kappa shape index (κ3) is 3.48. The van der Waals surface area contributed by atoms with E-state index in [2.05, 4.69) is 15.0 Å². The predicted molar refractivity (Wildman–Crippen MR) is 126 cm³/mol. The third-order valence-electron chi connectivity index (χ3n) is 4.88. The van der Waals surface area contributed by atoms with Crippen LogP contribution < -0.4 is 0 Å². The zero-order valence-corrected chi connectivity index (χ0v) is 18.3. The summed E-state index contributed by atoms with van der Waals surface area (Å²) in [6.07, 6.45) is 0.345. The number of fused-ring (bicyclic) bond motifs is 1. The van der Waals surface area contributed by atoms with E-state index in [4.69, 9.17) is 34.8 Å². The van der Waals surface area contributed by atoms with Crippen LogP contribution in [-0.2, 0) is 0 Å². The van der Waals surface area contributed by atoms with Crippen LogP contribution in [0.5, 0.6) is 0 Å². The first-order chi connectivity index (χ1) is 14.5. The standard InChI is InChI=1S/C22H12Cl3N3OS/c23-12-6-7-15-13(8-12)19(20(26-15)11-4-2-1-3-5-11)17-10-16(27-22(29)28-17)14-9-18(24)30-21(14)25/h1-9,26H,10H2. The monoisotopic (exact) mass is 471 g/mol. The van der Waals surface area contributed by atoms with Crippen LogP contribution in [0.15, 0.2) is 64.6 Å². The van der Waals surface area contributed by atoms with E-state index in [-0.39, 0.29) is 0 Å². The maximum atomic E-state index is 12.4. The fraction of sp³-hybridized carbons (Fsp3) is 0.0455. The van der Waals surface area contributed by atoms with E-state index in [1.807, 2.05) is 48.5 Å². The van der Waals surface area contributed by atoms with Gasteiger partial charge in [0, 0.05) is 33.5 Å². The number of rotatable bonds is 3. The summed E-state index contributed by atoms with van der Waals surface area (Å²) in [5, 5.41) is 1.50. The van der Waals surface area contributed by atoms with E-state index in [9.17, 15) is 4.79 Å². The van der Waals surface area contributed by atoms with Gasteiger partial charge in [-0.3, -0.25) is 0 Å². The second kappa shape index (κ2) is 7.67. The van der Waals surface area contributed by atoms with Crippen molar-refractivity contribution < 1.29 is 4.79 Å². The molecule has 148 valence electrons. The number of halogens is 3. The lowest BCUT2D eigenvalue weighted by Gasteiger charge is -2.14. The molecule has 4 aromatic rings. The lowest BCUT2D eigenvalue weighted by Crippen LogP contribution is -2.18. The number of H-pyrrole nitrogens is 1. The van der Waals surface area contributed by atoms with E-state index < -0.39 is 6.03 Å². The summed E-state index contributed by atoms with van der Waals surface area (Å²) in [6, 6.07) is 16.7. The summed E-state index contributed by atoms with van der Waals surface area (Å²) < 4.78 is 1.04. The van der Waals surface area contributed by atoms with Crippen molar-refractivity contribution >= 4 is 74.5 Å². The number of aliphatic imine (C=N–C) groups is 2. The molecule has 0 bridgehead atoms. The first-order valence-corrected chi connectivity index (χ1v) is 11.0. The molecule has 1 N–H and O–H groups in total. The molecule has 0 radical (unpaired) electrons. The Bertz CT molecular complexity index is 1370. The number of thiophene rings is 1. The van der Waals surface area contributed by atoms with Gasteiger partial charge in [-0.1, -0.05) is 65.1 Å². The van der Waals surface area contributed by atoms with Crippen LogP contribution in [0.1, 0.15) is 17.5 Å². The molecule has 0 aliphatic carbocycles. The lowest BCUT2D eigenvalue weighted by atomic mass is 9.95. The molecule has 0 fully saturated rings. The highest BCUT2D eigenvalue weighted by molar-refractivity contribution is 7.20. The van der Waals surface area contributed by atoms with E-state index in [1.165, 1.54) is 11.3 Å². The van der Waals surface area contributed by atoms with Crippen molar-refractivity contribution in [1.82, 2.24) is 4.98 Å². The maximum Gasteiger partial charge on any atom is 0.367 e. The molecule has 4 nitrogen and oxygen atoms in total. The van der Waals surface area contributed by atoms with Crippen LogP contribution in [0.4, 0.5) is 4.79 Å². The highest BCUT2D eigenvalue weighted by Crippen LogP contribution is 2.36. The van der Waals surface area contributed by atoms with Crippen molar-refractivity contribution in [2.45, 2.75) is 6.42 Å². The Kier molecular flexibility index (Phi) is 4.99. The minimum atomic E-state index is -0.569. The van der Waals surface area contributed by atoms with Crippen molar-refractivity contribution in [3.8, 4) is 11.3 Å². The van der Waals surface area contributed by atoms with Crippen molar-refractivity contribution in [3.05, 3.63) is 79.4 Å². The molecule has 2 amide bonds. The number of carbonyl (C=O) groups is 1. The average molecular weight is 473 g/mol. The number of hydrogen-bond acceptors (Lipinski definition) is 2. The van der Waals surface area contributed by atoms with Crippen LogP contribution >= 0.6 is 46.1 Å². The van der Waals surface area contributed by atoms with Gasteiger partial charge in [0.1, 0.15) is 4.34 Å². The summed E-state index contributed by atoms with van der Waals surface area (Å²) in [6.45, 7) is 0. The van der Waals surface area contributed by atoms with Crippen LogP contribution in [0.3, 0.4) is 0 Å². The SMILES string of the molecule is O=C1N=C(c2cc(Cl)sc2Cl)CC(c2c(-c3ccccc3)[nH]c3ccc(Cl)cc23)=N1. The Morgan fingerprint density at radius 3 is 2.43 bits per heavy atom. The molecule has 8 heteroatoms. The minimum Gasteiger partial charge on any atom is -0.354 e.